The lowest BCUT2D eigenvalue weighted by atomic mass is 10.0. The molecule has 0 spiro atoms. The van der Waals surface area contributed by atoms with E-state index in [4.69, 9.17) is 14.6 Å². The number of aliphatic hydroxyl groups excluding tert-OH is 1. The van der Waals surface area contributed by atoms with Crippen LogP contribution in [0.5, 0.6) is 11.5 Å². The molecule has 0 bridgehead atoms. The van der Waals surface area contributed by atoms with Crippen LogP contribution in [0.2, 0.25) is 0 Å². The topological polar surface area (TPSA) is 76.1 Å². The Labute approximate surface area is 129 Å². The van der Waals surface area contributed by atoms with Gasteiger partial charge in [0.15, 0.2) is 17.6 Å². The van der Waals surface area contributed by atoms with Gasteiger partial charge in [0.05, 0.1) is 12.8 Å². The van der Waals surface area contributed by atoms with Crippen molar-refractivity contribution in [1.82, 2.24) is 0 Å². The first-order valence-corrected chi connectivity index (χ1v) is 7.29. The number of hydrogen-bond acceptors (Lipinski definition) is 5. The van der Waals surface area contributed by atoms with E-state index in [2.05, 4.69) is 0 Å². The molecule has 0 saturated heterocycles. The molecule has 1 aromatic carbocycles. The Balaban J connectivity index is 2.55. The van der Waals surface area contributed by atoms with Crippen LogP contribution in [0.1, 0.15) is 30.6 Å². The molecule has 0 aliphatic carbocycles. The number of anilines is 1. The van der Waals surface area contributed by atoms with Gasteiger partial charge in [0.2, 0.25) is 0 Å². The summed E-state index contributed by atoms with van der Waals surface area (Å²) in [5, 5.41) is 9.06. The number of fused-ring (bicyclic) bond motifs is 1. The zero-order valence-electron chi connectivity index (χ0n) is 13.0. The Kier molecular flexibility index (Phi) is 5.03. The van der Waals surface area contributed by atoms with Crippen molar-refractivity contribution in [2.75, 3.05) is 25.2 Å². The van der Waals surface area contributed by atoms with E-state index in [1.807, 2.05) is 13.8 Å². The van der Waals surface area contributed by atoms with Crippen molar-refractivity contribution < 1.29 is 24.2 Å². The van der Waals surface area contributed by atoms with Crippen molar-refractivity contribution in [2.24, 2.45) is 5.92 Å². The summed E-state index contributed by atoms with van der Waals surface area (Å²) in [5.41, 5.74) is 0.917. The first-order chi connectivity index (χ1) is 10.5. The van der Waals surface area contributed by atoms with Crippen LogP contribution in [0.15, 0.2) is 12.1 Å². The van der Waals surface area contributed by atoms with E-state index < -0.39 is 6.10 Å². The number of nitrogens with zero attached hydrogens (tertiary/aromatic N) is 1. The van der Waals surface area contributed by atoms with Crippen LogP contribution in [0.4, 0.5) is 5.69 Å². The lowest BCUT2D eigenvalue weighted by Gasteiger charge is -2.36. The van der Waals surface area contributed by atoms with E-state index in [-0.39, 0.29) is 18.4 Å². The predicted molar refractivity (Wildman–Crippen MR) is 81.7 cm³/mol. The maximum atomic E-state index is 12.6. The van der Waals surface area contributed by atoms with Gasteiger partial charge in [0, 0.05) is 18.7 Å². The van der Waals surface area contributed by atoms with E-state index in [9.17, 15) is 9.59 Å². The minimum atomic E-state index is -0.609. The zero-order valence-corrected chi connectivity index (χ0v) is 13.0. The number of ether oxygens (including phenoxy) is 2. The summed E-state index contributed by atoms with van der Waals surface area (Å²) in [5.74, 6) is 0.713. The van der Waals surface area contributed by atoms with Crippen LogP contribution in [-0.2, 0) is 4.79 Å². The SMILES string of the molecule is COc1cc(C=O)cc2c1OC(C(C)C)C(=O)N2CCCO. The summed E-state index contributed by atoms with van der Waals surface area (Å²) in [6, 6.07) is 3.19. The van der Waals surface area contributed by atoms with Crippen molar-refractivity contribution in [3.63, 3.8) is 0 Å². The Morgan fingerprint density at radius 3 is 2.73 bits per heavy atom. The lowest BCUT2D eigenvalue weighted by Crippen LogP contribution is -2.49. The molecule has 0 saturated carbocycles. The molecule has 2 rings (SSSR count). The molecule has 22 heavy (non-hydrogen) atoms. The van der Waals surface area contributed by atoms with Crippen molar-refractivity contribution in [2.45, 2.75) is 26.4 Å². The van der Waals surface area contributed by atoms with Gasteiger partial charge in [0.1, 0.15) is 6.29 Å². The first kappa shape index (κ1) is 16.3. The fraction of sp³-hybridized carbons (Fsp3) is 0.500. The molecule has 1 atom stereocenters. The number of methoxy groups -OCH3 is 1. The summed E-state index contributed by atoms with van der Waals surface area (Å²) in [4.78, 5) is 25.3. The lowest BCUT2D eigenvalue weighted by molar-refractivity contribution is -0.128. The summed E-state index contributed by atoms with van der Waals surface area (Å²) < 4.78 is 11.1. The normalized spacial score (nSPS) is 17.2. The second kappa shape index (κ2) is 6.79. The van der Waals surface area contributed by atoms with Gasteiger partial charge >= 0.3 is 0 Å². The first-order valence-electron chi connectivity index (χ1n) is 7.29. The molecular weight excluding hydrogens is 286 g/mol. The molecule has 6 nitrogen and oxygen atoms in total. The molecule has 1 aliphatic heterocycles. The summed E-state index contributed by atoms with van der Waals surface area (Å²) in [6.45, 7) is 4.16. The van der Waals surface area contributed by atoms with Crippen molar-refractivity contribution in [3.8, 4) is 11.5 Å². The van der Waals surface area contributed by atoms with E-state index >= 15 is 0 Å². The number of amides is 1. The highest BCUT2D eigenvalue weighted by molar-refractivity contribution is 6.01. The fourth-order valence-electron chi connectivity index (χ4n) is 2.48. The van der Waals surface area contributed by atoms with Gasteiger partial charge in [-0.2, -0.15) is 0 Å². The van der Waals surface area contributed by atoms with E-state index in [0.29, 0.717) is 42.0 Å². The highest BCUT2D eigenvalue weighted by Gasteiger charge is 2.37. The molecule has 0 aromatic heterocycles. The van der Waals surface area contributed by atoms with Crippen molar-refractivity contribution >= 4 is 17.9 Å². The summed E-state index contributed by atoms with van der Waals surface area (Å²) in [6.07, 6.45) is 0.539. The monoisotopic (exact) mass is 307 g/mol. The molecule has 1 aliphatic rings. The molecule has 1 N–H and O–H groups in total. The quantitative estimate of drug-likeness (QED) is 0.809. The highest BCUT2D eigenvalue weighted by atomic mass is 16.5. The van der Waals surface area contributed by atoms with Gasteiger partial charge < -0.3 is 19.5 Å². The molecular formula is C16H21NO5. The fourth-order valence-corrected chi connectivity index (χ4v) is 2.48. The number of carbonyl (C=O) groups is 2. The Morgan fingerprint density at radius 2 is 2.18 bits per heavy atom. The minimum Gasteiger partial charge on any atom is -0.493 e. The molecule has 1 heterocycles. The Bertz CT molecular complexity index is 570. The molecule has 0 radical (unpaired) electrons. The number of aldehydes is 1. The van der Waals surface area contributed by atoms with Crippen molar-refractivity contribution in [1.29, 1.82) is 0 Å². The second-order valence-corrected chi connectivity index (χ2v) is 5.54. The average molecular weight is 307 g/mol. The van der Waals surface area contributed by atoms with Crippen LogP contribution in [0, 0.1) is 5.92 Å². The Hall–Kier alpha value is -2.08. The Morgan fingerprint density at radius 1 is 1.45 bits per heavy atom. The number of rotatable bonds is 6. The van der Waals surface area contributed by atoms with E-state index in [1.54, 1.807) is 17.0 Å². The van der Waals surface area contributed by atoms with Crippen LogP contribution in [0.3, 0.4) is 0 Å². The minimum absolute atomic E-state index is 0.00673. The molecule has 1 amide bonds. The number of hydrogen-bond donors (Lipinski definition) is 1. The van der Waals surface area contributed by atoms with Gasteiger partial charge in [-0.15, -0.1) is 0 Å². The number of benzene rings is 1. The van der Waals surface area contributed by atoms with Gasteiger partial charge in [0.25, 0.3) is 5.91 Å². The molecule has 1 aromatic rings. The predicted octanol–water partition coefficient (Wildman–Crippen LogP) is 1.64. The van der Waals surface area contributed by atoms with Gasteiger partial charge in [-0.3, -0.25) is 9.59 Å². The van der Waals surface area contributed by atoms with E-state index in [0.717, 1.165) is 0 Å². The maximum Gasteiger partial charge on any atom is 0.268 e. The average Bonchev–Trinajstić information content (AvgIpc) is 2.52. The third-order valence-electron chi connectivity index (χ3n) is 3.60. The molecule has 6 heteroatoms. The summed E-state index contributed by atoms with van der Waals surface area (Å²) >= 11 is 0. The smallest absolute Gasteiger partial charge is 0.268 e. The third kappa shape index (κ3) is 2.92. The largest absolute Gasteiger partial charge is 0.493 e. The van der Waals surface area contributed by atoms with E-state index in [1.165, 1.54) is 7.11 Å². The number of aliphatic hydroxyl groups is 1. The molecule has 1 unspecified atom stereocenters. The van der Waals surface area contributed by atoms with Gasteiger partial charge in [-0.25, -0.2) is 0 Å². The maximum absolute atomic E-state index is 12.6. The standard InChI is InChI=1S/C16H21NO5/c1-10(2)14-16(20)17(5-4-6-18)12-7-11(9-19)8-13(21-3)15(12)22-14/h7-10,14,18H,4-6H2,1-3H3. The summed E-state index contributed by atoms with van der Waals surface area (Å²) in [7, 11) is 1.49. The van der Waals surface area contributed by atoms with Crippen LogP contribution >= 0.6 is 0 Å². The van der Waals surface area contributed by atoms with Crippen LogP contribution in [0.25, 0.3) is 0 Å². The third-order valence-corrected chi connectivity index (χ3v) is 3.60. The van der Waals surface area contributed by atoms with Crippen LogP contribution in [-0.4, -0.2) is 43.7 Å². The molecule has 120 valence electrons. The van der Waals surface area contributed by atoms with Crippen molar-refractivity contribution in [3.05, 3.63) is 17.7 Å². The zero-order chi connectivity index (χ0) is 16.3. The van der Waals surface area contributed by atoms with Crippen LogP contribution < -0.4 is 14.4 Å². The number of carbonyl (C=O) groups excluding carboxylic acids is 2. The van der Waals surface area contributed by atoms with Gasteiger partial charge in [-0.05, 0) is 24.5 Å². The highest BCUT2D eigenvalue weighted by Crippen LogP contribution is 2.43. The second-order valence-electron chi connectivity index (χ2n) is 5.54. The molecule has 0 fully saturated rings. The van der Waals surface area contributed by atoms with Gasteiger partial charge in [-0.1, -0.05) is 13.8 Å².